The van der Waals surface area contributed by atoms with Crippen molar-refractivity contribution in [3.63, 3.8) is 0 Å². The van der Waals surface area contributed by atoms with Gasteiger partial charge in [0.1, 0.15) is 16.8 Å². The van der Waals surface area contributed by atoms with E-state index in [0.717, 1.165) is 12.2 Å². The molecule has 3 nitrogen and oxygen atoms in total. The van der Waals surface area contributed by atoms with E-state index in [1.807, 2.05) is 13.0 Å². The van der Waals surface area contributed by atoms with Crippen LogP contribution in [0, 0.1) is 6.92 Å². The van der Waals surface area contributed by atoms with Crippen LogP contribution < -0.4 is 4.90 Å². The van der Waals surface area contributed by atoms with E-state index >= 15 is 0 Å². The number of benzene rings is 1. The number of aromatic nitrogens is 2. The number of halogens is 1. The Hall–Kier alpha value is -1.61. The second-order valence-corrected chi connectivity index (χ2v) is 5.04. The van der Waals surface area contributed by atoms with E-state index < -0.39 is 0 Å². The minimum Gasteiger partial charge on any atom is -0.323 e. The van der Waals surface area contributed by atoms with Crippen molar-refractivity contribution < 1.29 is 0 Å². The molecule has 0 amide bonds. The van der Waals surface area contributed by atoms with E-state index in [1.165, 1.54) is 11.3 Å². The molecule has 0 saturated carbocycles. The number of para-hydroxylation sites is 1. The summed E-state index contributed by atoms with van der Waals surface area (Å²) in [6.45, 7) is 4.06. The highest BCUT2D eigenvalue weighted by atomic mass is 35.5. The predicted octanol–water partition coefficient (Wildman–Crippen LogP) is 3.52. The van der Waals surface area contributed by atoms with E-state index in [4.69, 9.17) is 11.6 Å². The topological polar surface area (TPSA) is 29.0 Å². The summed E-state index contributed by atoms with van der Waals surface area (Å²) in [5, 5.41) is 0.495. The molecule has 1 unspecified atom stereocenters. The number of fused-ring (bicyclic) bond motifs is 1. The monoisotopic (exact) mass is 259 g/mol. The number of hydrogen-bond donors (Lipinski definition) is 0. The van der Waals surface area contributed by atoms with Crippen LogP contribution in [0.4, 0.5) is 11.5 Å². The molecule has 1 aliphatic heterocycles. The van der Waals surface area contributed by atoms with E-state index in [9.17, 15) is 0 Å². The van der Waals surface area contributed by atoms with Gasteiger partial charge in [-0.15, -0.1) is 0 Å². The van der Waals surface area contributed by atoms with E-state index in [0.29, 0.717) is 17.0 Å². The van der Waals surface area contributed by atoms with E-state index in [2.05, 4.69) is 46.1 Å². The zero-order chi connectivity index (χ0) is 12.7. The van der Waals surface area contributed by atoms with Crippen LogP contribution in [0.25, 0.3) is 0 Å². The third-order valence-electron chi connectivity index (χ3n) is 3.25. The van der Waals surface area contributed by atoms with Gasteiger partial charge in [-0.1, -0.05) is 29.8 Å². The van der Waals surface area contributed by atoms with Gasteiger partial charge in [-0.25, -0.2) is 9.97 Å². The lowest BCUT2D eigenvalue weighted by Crippen LogP contribution is -2.25. The summed E-state index contributed by atoms with van der Waals surface area (Å²) in [6, 6.07) is 10.7. The Morgan fingerprint density at radius 3 is 2.83 bits per heavy atom. The molecule has 2 aromatic rings. The molecular weight excluding hydrogens is 246 g/mol. The fraction of sp³-hybridized carbons (Fsp3) is 0.286. The van der Waals surface area contributed by atoms with Crippen molar-refractivity contribution in [3.8, 4) is 0 Å². The van der Waals surface area contributed by atoms with Gasteiger partial charge in [-0.2, -0.15) is 0 Å². The van der Waals surface area contributed by atoms with Gasteiger partial charge in [-0.3, -0.25) is 0 Å². The molecule has 4 heteroatoms. The maximum Gasteiger partial charge on any atom is 0.138 e. The van der Waals surface area contributed by atoms with Crippen molar-refractivity contribution in [2.45, 2.75) is 26.3 Å². The van der Waals surface area contributed by atoms with Crippen molar-refractivity contribution in [2.24, 2.45) is 0 Å². The van der Waals surface area contributed by atoms with Crippen LogP contribution in [-0.2, 0) is 6.42 Å². The maximum atomic E-state index is 6.03. The van der Waals surface area contributed by atoms with Crippen LogP contribution in [0.1, 0.15) is 18.3 Å². The first-order valence-electron chi connectivity index (χ1n) is 6.03. The molecule has 1 atom stereocenters. The van der Waals surface area contributed by atoms with Gasteiger partial charge in [0.05, 0.1) is 0 Å². The summed E-state index contributed by atoms with van der Waals surface area (Å²) >= 11 is 6.03. The lowest BCUT2D eigenvalue weighted by Gasteiger charge is -2.24. The van der Waals surface area contributed by atoms with Crippen molar-refractivity contribution in [1.82, 2.24) is 9.97 Å². The Labute approximate surface area is 111 Å². The standard InChI is InChI=1S/C14H14ClN3/c1-9-7-11-5-3-4-6-12(11)18(9)14-8-13(15)16-10(2)17-14/h3-6,8-9H,7H2,1-2H3. The smallest absolute Gasteiger partial charge is 0.138 e. The quantitative estimate of drug-likeness (QED) is 0.734. The molecule has 0 radical (unpaired) electrons. The molecule has 92 valence electrons. The van der Waals surface area contributed by atoms with Crippen molar-refractivity contribution in [3.05, 3.63) is 46.9 Å². The Morgan fingerprint density at radius 1 is 1.28 bits per heavy atom. The minimum atomic E-state index is 0.396. The Morgan fingerprint density at radius 2 is 2.06 bits per heavy atom. The number of hydrogen-bond acceptors (Lipinski definition) is 3. The Bertz CT molecular complexity index is 577. The molecule has 1 aliphatic rings. The Kier molecular flexibility index (Phi) is 2.71. The molecule has 18 heavy (non-hydrogen) atoms. The molecule has 3 rings (SSSR count). The number of aryl methyl sites for hydroxylation is 1. The van der Waals surface area contributed by atoms with Gasteiger partial charge in [0.25, 0.3) is 0 Å². The number of anilines is 2. The first-order valence-corrected chi connectivity index (χ1v) is 6.41. The predicted molar refractivity (Wildman–Crippen MR) is 73.5 cm³/mol. The Balaban J connectivity index is 2.11. The average Bonchev–Trinajstić information content (AvgIpc) is 2.63. The molecule has 0 fully saturated rings. The fourth-order valence-corrected chi connectivity index (χ4v) is 2.77. The second-order valence-electron chi connectivity index (χ2n) is 4.65. The molecule has 0 spiro atoms. The van der Waals surface area contributed by atoms with Gasteiger partial charge < -0.3 is 4.90 Å². The van der Waals surface area contributed by atoms with Crippen LogP contribution in [-0.4, -0.2) is 16.0 Å². The van der Waals surface area contributed by atoms with Crippen LogP contribution in [0.15, 0.2) is 30.3 Å². The molecule has 2 heterocycles. The summed E-state index contributed by atoms with van der Waals surface area (Å²) in [4.78, 5) is 10.8. The highest BCUT2D eigenvalue weighted by Crippen LogP contribution is 2.37. The largest absolute Gasteiger partial charge is 0.323 e. The van der Waals surface area contributed by atoms with Crippen LogP contribution in [0.2, 0.25) is 5.15 Å². The first kappa shape index (κ1) is 11.5. The van der Waals surface area contributed by atoms with Crippen molar-refractivity contribution in [2.75, 3.05) is 4.90 Å². The normalized spacial score (nSPS) is 17.9. The van der Waals surface area contributed by atoms with Gasteiger partial charge in [-0.05, 0) is 31.9 Å². The zero-order valence-electron chi connectivity index (χ0n) is 10.4. The first-order chi connectivity index (χ1) is 8.65. The molecule has 0 saturated heterocycles. The van der Waals surface area contributed by atoms with Crippen molar-refractivity contribution >= 4 is 23.1 Å². The highest BCUT2D eigenvalue weighted by Gasteiger charge is 2.27. The molecule has 1 aromatic heterocycles. The molecule has 0 N–H and O–H groups in total. The third kappa shape index (κ3) is 1.85. The summed E-state index contributed by atoms with van der Waals surface area (Å²) in [6.07, 6.45) is 1.04. The third-order valence-corrected chi connectivity index (χ3v) is 3.44. The van der Waals surface area contributed by atoms with Gasteiger partial charge in [0.2, 0.25) is 0 Å². The summed E-state index contributed by atoms with van der Waals surface area (Å²) in [5.74, 6) is 1.58. The zero-order valence-corrected chi connectivity index (χ0v) is 11.1. The molecule has 1 aromatic carbocycles. The van der Waals surface area contributed by atoms with Crippen LogP contribution in [0.3, 0.4) is 0 Å². The summed E-state index contributed by atoms with van der Waals surface area (Å²) in [5.41, 5.74) is 2.58. The fourth-order valence-electron chi connectivity index (χ4n) is 2.55. The lowest BCUT2D eigenvalue weighted by atomic mass is 10.1. The second kappa shape index (κ2) is 4.25. The molecular formula is C14H14ClN3. The van der Waals surface area contributed by atoms with E-state index in [1.54, 1.807) is 0 Å². The van der Waals surface area contributed by atoms with Gasteiger partial charge in [0.15, 0.2) is 0 Å². The van der Waals surface area contributed by atoms with Gasteiger partial charge >= 0.3 is 0 Å². The summed E-state index contributed by atoms with van der Waals surface area (Å²) < 4.78 is 0. The van der Waals surface area contributed by atoms with Crippen LogP contribution in [0.5, 0.6) is 0 Å². The SMILES string of the molecule is Cc1nc(Cl)cc(N2c3ccccc3CC2C)n1. The highest BCUT2D eigenvalue weighted by molar-refractivity contribution is 6.29. The van der Waals surface area contributed by atoms with Crippen molar-refractivity contribution in [1.29, 1.82) is 0 Å². The average molecular weight is 260 g/mol. The number of rotatable bonds is 1. The van der Waals surface area contributed by atoms with Crippen LogP contribution >= 0.6 is 11.6 Å². The van der Waals surface area contributed by atoms with E-state index in [-0.39, 0.29) is 0 Å². The molecule has 0 aliphatic carbocycles. The minimum absolute atomic E-state index is 0.396. The maximum absolute atomic E-state index is 6.03. The summed E-state index contributed by atoms with van der Waals surface area (Å²) in [7, 11) is 0. The molecule has 0 bridgehead atoms. The lowest BCUT2D eigenvalue weighted by molar-refractivity contribution is 0.747. The number of nitrogens with zero attached hydrogens (tertiary/aromatic N) is 3. The van der Waals surface area contributed by atoms with Gasteiger partial charge in [0, 0.05) is 17.8 Å².